The van der Waals surface area contributed by atoms with Crippen LogP contribution in [-0.4, -0.2) is 32.9 Å². The largest absolute Gasteiger partial charge is 0.492 e. The van der Waals surface area contributed by atoms with Crippen LogP contribution < -0.4 is 10.1 Å². The summed E-state index contributed by atoms with van der Waals surface area (Å²) in [4.78, 5) is 0. The fourth-order valence-electron chi connectivity index (χ4n) is 2.72. The van der Waals surface area contributed by atoms with E-state index in [0.717, 1.165) is 31.8 Å². The van der Waals surface area contributed by atoms with Gasteiger partial charge in [0.2, 0.25) is 0 Å². The minimum Gasteiger partial charge on any atom is -0.492 e. The van der Waals surface area contributed by atoms with Gasteiger partial charge in [-0.25, -0.2) is 0 Å². The van der Waals surface area contributed by atoms with Gasteiger partial charge in [-0.1, -0.05) is 32.9 Å². The lowest BCUT2D eigenvalue weighted by molar-refractivity contribution is 0.162. The first-order chi connectivity index (χ1) is 10.1. The lowest BCUT2D eigenvalue weighted by Gasteiger charge is -2.24. The van der Waals surface area contributed by atoms with Crippen molar-refractivity contribution in [2.24, 2.45) is 5.92 Å². The highest BCUT2D eigenvalue weighted by Gasteiger charge is 2.25. The van der Waals surface area contributed by atoms with Crippen LogP contribution in [0.2, 0.25) is 0 Å². The van der Waals surface area contributed by atoms with E-state index in [0.29, 0.717) is 18.6 Å². The molecule has 1 aromatic rings. The molecule has 2 unspecified atom stereocenters. The summed E-state index contributed by atoms with van der Waals surface area (Å²) < 4.78 is 11.4. The number of hydrogen-bond donors (Lipinski definition) is 1. The topological polar surface area (TPSA) is 30.5 Å². The normalized spacial score (nSPS) is 20.5. The smallest absolute Gasteiger partial charge is 0.119 e. The van der Waals surface area contributed by atoms with Gasteiger partial charge >= 0.3 is 0 Å². The molecule has 1 aromatic carbocycles. The van der Waals surface area contributed by atoms with E-state index in [1.165, 1.54) is 5.56 Å². The maximum Gasteiger partial charge on any atom is 0.119 e. The van der Waals surface area contributed by atoms with E-state index in [2.05, 4.69) is 50.4 Å². The van der Waals surface area contributed by atoms with Crippen LogP contribution in [0.25, 0.3) is 0 Å². The first kappa shape index (κ1) is 16.3. The Morgan fingerprint density at radius 3 is 2.57 bits per heavy atom. The number of likely N-dealkylation sites (N-methyl/N-ethyl adjacent to an activating group) is 1. The Hall–Kier alpha value is -1.06. The molecule has 0 saturated carbocycles. The molecule has 1 heterocycles. The lowest BCUT2D eigenvalue weighted by atomic mass is 9.82. The SMILES string of the molecule is CCC(C)(C)c1ccc(OCC(NC)C2CCOC2)cc1. The quantitative estimate of drug-likeness (QED) is 0.835. The second-order valence-corrected chi connectivity index (χ2v) is 6.59. The molecule has 0 spiro atoms. The molecule has 1 N–H and O–H groups in total. The minimum absolute atomic E-state index is 0.229. The monoisotopic (exact) mass is 291 g/mol. The third-order valence-electron chi connectivity index (χ3n) is 4.85. The van der Waals surface area contributed by atoms with E-state index >= 15 is 0 Å². The molecule has 0 radical (unpaired) electrons. The molecular weight excluding hydrogens is 262 g/mol. The van der Waals surface area contributed by atoms with Crippen LogP contribution in [0.5, 0.6) is 5.75 Å². The number of ether oxygens (including phenoxy) is 2. The highest BCUT2D eigenvalue weighted by molar-refractivity contribution is 5.31. The highest BCUT2D eigenvalue weighted by Crippen LogP contribution is 2.28. The zero-order chi connectivity index (χ0) is 15.3. The van der Waals surface area contributed by atoms with Crippen LogP contribution >= 0.6 is 0 Å². The van der Waals surface area contributed by atoms with Crippen molar-refractivity contribution in [3.63, 3.8) is 0 Å². The standard InChI is InChI=1S/C18H29NO2/c1-5-18(2,3)15-6-8-16(9-7-15)21-13-17(19-4)14-10-11-20-12-14/h6-9,14,17,19H,5,10-13H2,1-4H3. The van der Waals surface area contributed by atoms with Crippen molar-refractivity contribution in [3.05, 3.63) is 29.8 Å². The molecule has 21 heavy (non-hydrogen) atoms. The summed E-state index contributed by atoms with van der Waals surface area (Å²) in [6, 6.07) is 8.91. The van der Waals surface area contributed by atoms with Crippen molar-refractivity contribution < 1.29 is 9.47 Å². The van der Waals surface area contributed by atoms with Gasteiger partial charge < -0.3 is 14.8 Å². The molecule has 1 aliphatic rings. The Balaban J connectivity index is 1.91. The van der Waals surface area contributed by atoms with Gasteiger partial charge in [0.15, 0.2) is 0 Å². The van der Waals surface area contributed by atoms with Gasteiger partial charge in [-0.05, 0) is 43.0 Å². The van der Waals surface area contributed by atoms with E-state index in [4.69, 9.17) is 9.47 Å². The molecule has 2 atom stereocenters. The van der Waals surface area contributed by atoms with Crippen molar-refractivity contribution in [1.82, 2.24) is 5.32 Å². The number of hydrogen-bond acceptors (Lipinski definition) is 3. The zero-order valence-electron chi connectivity index (χ0n) is 13.8. The van der Waals surface area contributed by atoms with E-state index in [1.54, 1.807) is 0 Å². The summed E-state index contributed by atoms with van der Waals surface area (Å²) in [5.41, 5.74) is 1.60. The zero-order valence-corrected chi connectivity index (χ0v) is 13.8. The number of rotatable bonds is 7. The summed E-state index contributed by atoms with van der Waals surface area (Å²) in [5, 5.41) is 3.35. The third kappa shape index (κ3) is 4.21. The predicted octanol–water partition coefficient (Wildman–Crippen LogP) is 3.38. The van der Waals surface area contributed by atoms with Gasteiger partial charge in [0.25, 0.3) is 0 Å². The molecule has 1 saturated heterocycles. The summed E-state index contributed by atoms with van der Waals surface area (Å²) in [6.07, 6.45) is 2.26. The van der Waals surface area contributed by atoms with Crippen molar-refractivity contribution in [1.29, 1.82) is 0 Å². The minimum atomic E-state index is 0.229. The molecule has 1 aliphatic heterocycles. The summed E-state index contributed by atoms with van der Waals surface area (Å²) in [7, 11) is 2.00. The molecule has 0 bridgehead atoms. The maximum atomic E-state index is 5.95. The average Bonchev–Trinajstić information content (AvgIpc) is 3.03. The molecule has 118 valence electrons. The van der Waals surface area contributed by atoms with Crippen LogP contribution in [0.15, 0.2) is 24.3 Å². The maximum absolute atomic E-state index is 5.95. The van der Waals surface area contributed by atoms with Gasteiger partial charge in [-0.2, -0.15) is 0 Å². The predicted molar refractivity (Wildman–Crippen MR) is 87.0 cm³/mol. The fraction of sp³-hybridized carbons (Fsp3) is 0.667. The lowest BCUT2D eigenvalue weighted by Crippen LogP contribution is -2.39. The van der Waals surface area contributed by atoms with Gasteiger partial charge in [-0.3, -0.25) is 0 Å². The molecular formula is C18H29NO2. The average molecular weight is 291 g/mol. The molecule has 0 amide bonds. The second kappa shape index (κ2) is 7.28. The molecule has 3 nitrogen and oxygen atoms in total. The van der Waals surface area contributed by atoms with Crippen molar-refractivity contribution in [3.8, 4) is 5.75 Å². The summed E-state index contributed by atoms with van der Waals surface area (Å²) in [6.45, 7) is 9.20. The molecule has 1 fully saturated rings. The third-order valence-corrected chi connectivity index (χ3v) is 4.85. The van der Waals surface area contributed by atoms with E-state index in [9.17, 15) is 0 Å². The number of nitrogens with one attached hydrogen (secondary N) is 1. The van der Waals surface area contributed by atoms with Crippen LogP contribution in [-0.2, 0) is 10.2 Å². The van der Waals surface area contributed by atoms with Crippen molar-refractivity contribution in [2.75, 3.05) is 26.9 Å². The molecule has 3 heteroatoms. The Morgan fingerprint density at radius 1 is 1.33 bits per heavy atom. The molecule has 2 rings (SSSR count). The van der Waals surface area contributed by atoms with E-state index in [-0.39, 0.29) is 5.41 Å². The van der Waals surface area contributed by atoms with Crippen molar-refractivity contribution in [2.45, 2.75) is 45.1 Å². The van der Waals surface area contributed by atoms with E-state index in [1.807, 2.05) is 7.05 Å². The van der Waals surface area contributed by atoms with Gasteiger partial charge in [-0.15, -0.1) is 0 Å². The molecule has 0 aromatic heterocycles. The Labute approximate surface area is 129 Å². The Morgan fingerprint density at radius 2 is 2.05 bits per heavy atom. The number of benzene rings is 1. The first-order valence-electron chi connectivity index (χ1n) is 8.05. The van der Waals surface area contributed by atoms with Gasteiger partial charge in [0.05, 0.1) is 6.61 Å². The summed E-state index contributed by atoms with van der Waals surface area (Å²) >= 11 is 0. The Bertz CT molecular complexity index is 421. The van der Waals surface area contributed by atoms with Crippen LogP contribution in [0, 0.1) is 5.92 Å². The molecule has 0 aliphatic carbocycles. The van der Waals surface area contributed by atoms with Crippen LogP contribution in [0.1, 0.15) is 39.2 Å². The Kier molecular flexibility index (Phi) is 5.65. The van der Waals surface area contributed by atoms with Crippen LogP contribution in [0.3, 0.4) is 0 Å². The van der Waals surface area contributed by atoms with Crippen LogP contribution in [0.4, 0.5) is 0 Å². The van der Waals surface area contributed by atoms with Crippen molar-refractivity contribution >= 4 is 0 Å². The van der Waals surface area contributed by atoms with E-state index < -0.39 is 0 Å². The second-order valence-electron chi connectivity index (χ2n) is 6.59. The van der Waals surface area contributed by atoms with Gasteiger partial charge in [0.1, 0.15) is 12.4 Å². The fourth-order valence-corrected chi connectivity index (χ4v) is 2.72. The summed E-state index contributed by atoms with van der Waals surface area (Å²) in [5.74, 6) is 1.51. The van der Waals surface area contributed by atoms with Gasteiger partial charge in [0, 0.05) is 18.6 Å². The first-order valence-corrected chi connectivity index (χ1v) is 8.05. The highest BCUT2D eigenvalue weighted by atomic mass is 16.5.